The minimum absolute atomic E-state index is 0.00223. The number of hydrazone groups is 1. The molecule has 0 aromatic heterocycles. The van der Waals surface area contributed by atoms with E-state index >= 15 is 0 Å². The molecule has 9 heteroatoms. The van der Waals surface area contributed by atoms with Gasteiger partial charge in [0.25, 0.3) is 11.8 Å². The fourth-order valence-corrected chi connectivity index (χ4v) is 2.37. The van der Waals surface area contributed by atoms with E-state index in [0.29, 0.717) is 22.1 Å². The van der Waals surface area contributed by atoms with Crippen LogP contribution in [0.2, 0.25) is 5.02 Å². The summed E-state index contributed by atoms with van der Waals surface area (Å²) in [4.78, 5) is 23.5. The maximum absolute atomic E-state index is 11.8. The van der Waals surface area contributed by atoms with Gasteiger partial charge in [-0.2, -0.15) is 5.10 Å². The number of halogens is 1. The summed E-state index contributed by atoms with van der Waals surface area (Å²) in [7, 11) is 1.43. The van der Waals surface area contributed by atoms with E-state index in [9.17, 15) is 14.7 Å². The van der Waals surface area contributed by atoms with Crippen LogP contribution in [0.5, 0.6) is 17.2 Å². The van der Waals surface area contributed by atoms with Gasteiger partial charge in [0.05, 0.1) is 19.9 Å². The average molecular weight is 406 g/mol. The minimum Gasteiger partial charge on any atom is -0.504 e. The normalized spacial score (nSPS) is 10.5. The number of amides is 2. The molecular formula is C19H20ClN3O5. The molecule has 0 saturated carbocycles. The monoisotopic (exact) mass is 405 g/mol. The number of carbonyl (C=O) groups excluding carboxylic acids is 2. The number of rotatable bonds is 8. The number of nitrogens with one attached hydrogen (secondary N) is 2. The lowest BCUT2D eigenvalue weighted by Gasteiger charge is -2.09. The minimum atomic E-state index is -0.502. The van der Waals surface area contributed by atoms with Crippen LogP contribution in [0.1, 0.15) is 11.1 Å². The average Bonchev–Trinajstić information content (AvgIpc) is 2.67. The Kier molecular flexibility index (Phi) is 7.65. The highest BCUT2D eigenvalue weighted by molar-refractivity contribution is 6.30. The molecule has 0 heterocycles. The zero-order valence-corrected chi connectivity index (χ0v) is 16.1. The zero-order chi connectivity index (χ0) is 20.5. The van der Waals surface area contributed by atoms with E-state index in [1.54, 1.807) is 30.3 Å². The van der Waals surface area contributed by atoms with Gasteiger partial charge in [-0.1, -0.05) is 11.6 Å². The molecular weight excluding hydrogens is 386 g/mol. The van der Waals surface area contributed by atoms with E-state index in [1.165, 1.54) is 19.4 Å². The van der Waals surface area contributed by atoms with E-state index in [1.807, 2.05) is 6.92 Å². The predicted molar refractivity (Wildman–Crippen MR) is 105 cm³/mol. The van der Waals surface area contributed by atoms with Gasteiger partial charge >= 0.3 is 0 Å². The molecule has 2 rings (SSSR count). The maximum atomic E-state index is 11.8. The van der Waals surface area contributed by atoms with Gasteiger partial charge in [0.1, 0.15) is 5.75 Å². The molecule has 0 bridgehead atoms. The Labute approximate surface area is 167 Å². The molecule has 8 nitrogen and oxygen atoms in total. The molecule has 0 aliphatic carbocycles. The van der Waals surface area contributed by atoms with Crippen LogP contribution in [0, 0.1) is 6.92 Å². The van der Waals surface area contributed by atoms with Gasteiger partial charge in [0.2, 0.25) is 0 Å². The van der Waals surface area contributed by atoms with Gasteiger partial charge in [0.15, 0.2) is 18.1 Å². The first-order valence-corrected chi connectivity index (χ1v) is 8.61. The topological polar surface area (TPSA) is 109 Å². The lowest BCUT2D eigenvalue weighted by atomic mass is 10.2. The standard InChI is InChI=1S/C19H20ClN3O5/c1-12-7-14(20)4-6-16(12)28-11-19(26)21-10-18(25)23-22-9-13-3-5-15(24)17(8-13)27-2/h3-9,24H,10-11H2,1-2H3,(H,21,26)(H,23,25). The van der Waals surface area contributed by atoms with Crippen molar-refractivity contribution in [3.63, 3.8) is 0 Å². The number of methoxy groups -OCH3 is 1. The van der Waals surface area contributed by atoms with Gasteiger partial charge in [0, 0.05) is 5.02 Å². The van der Waals surface area contributed by atoms with Crippen LogP contribution < -0.4 is 20.2 Å². The fraction of sp³-hybridized carbons (Fsp3) is 0.211. The van der Waals surface area contributed by atoms with Crippen LogP contribution >= 0.6 is 11.6 Å². The van der Waals surface area contributed by atoms with Crippen molar-refractivity contribution in [2.75, 3.05) is 20.3 Å². The van der Waals surface area contributed by atoms with Gasteiger partial charge in [-0.05, 0) is 54.4 Å². The summed E-state index contributed by atoms with van der Waals surface area (Å²) in [5, 5.41) is 16.3. The smallest absolute Gasteiger partial charge is 0.259 e. The molecule has 2 amide bonds. The molecule has 0 saturated heterocycles. The highest BCUT2D eigenvalue weighted by atomic mass is 35.5. The Morgan fingerprint density at radius 3 is 2.68 bits per heavy atom. The van der Waals surface area contributed by atoms with Crippen molar-refractivity contribution in [3.05, 3.63) is 52.5 Å². The second kappa shape index (κ2) is 10.2. The lowest BCUT2D eigenvalue weighted by Crippen LogP contribution is -2.37. The summed E-state index contributed by atoms with van der Waals surface area (Å²) < 4.78 is 10.4. The van der Waals surface area contributed by atoms with E-state index in [0.717, 1.165) is 5.56 Å². The van der Waals surface area contributed by atoms with Crippen LogP contribution in [0.25, 0.3) is 0 Å². The molecule has 0 fully saturated rings. The van der Waals surface area contributed by atoms with Gasteiger partial charge in [-0.15, -0.1) is 0 Å². The maximum Gasteiger partial charge on any atom is 0.259 e. The first kappa shape index (κ1) is 21.0. The summed E-state index contributed by atoms with van der Waals surface area (Å²) in [6.45, 7) is 1.33. The number of hydrogen-bond donors (Lipinski definition) is 3. The van der Waals surface area contributed by atoms with Crippen molar-refractivity contribution >= 4 is 29.6 Å². The summed E-state index contributed by atoms with van der Waals surface area (Å²) in [5.41, 5.74) is 3.71. The number of hydrogen-bond acceptors (Lipinski definition) is 6. The number of aryl methyl sites for hydroxylation is 1. The summed E-state index contributed by atoms with van der Waals surface area (Å²) in [5.74, 6) is -0.117. The van der Waals surface area contributed by atoms with E-state index in [2.05, 4.69) is 15.8 Å². The van der Waals surface area contributed by atoms with E-state index in [4.69, 9.17) is 21.1 Å². The molecule has 0 atom stereocenters. The molecule has 3 N–H and O–H groups in total. The van der Waals surface area contributed by atoms with E-state index in [-0.39, 0.29) is 18.9 Å². The quantitative estimate of drug-likeness (QED) is 0.459. The SMILES string of the molecule is COc1cc(C=NNC(=O)CNC(=O)COc2ccc(Cl)cc2C)ccc1O. The van der Waals surface area contributed by atoms with Crippen LogP contribution in [0.3, 0.4) is 0 Å². The summed E-state index contributed by atoms with van der Waals surface area (Å²) in [6.07, 6.45) is 1.38. The Morgan fingerprint density at radius 1 is 1.18 bits per heavy atom. The highest BCUT2D eigenvalue weighted by Crippen LogP contribution is 2.25. The van der Waals surface area contributed by atoms with Crippen molar-refractivity contribution in [3.8, 4) is 17.2 Å². The Morgan fingerprint density at radius 2 is 1.96 bits per heavy atom. The first-order chi connectivity index (χ1) is 13.4. The van der Waals surface area contributed by atoms with Gasteiger partial charge in [-0.25, -0.2) is 5.43 Å². The van der Waals surface area contributed by atoms with Gasteiger partial charge in [-0.3, -0.25) is 9.59 Å². The number of benzene rings is 2. The summed E-state index contributed by atoms with van der Waals surface area (Å²) in [6, 6.07) is 9.67. The number of ether oxygens (including phenoxy) is 2. The molecule has 0 aliphatic rings. The van der Waals surface area contributed by atoms with Crippen LogP contribution in [-0.2, 0) is 9.59 Å². The lowest BCUT2D eigenvalue weighted by molar-refractivity contribution is -0.127. The molecule has 0 aliphatic heterocycles. The third-order valence-electron chi connectivity index (χ3n) is 3.55. The third-order valence-corrected chi connectivity index (χ3v) is 3.78. The molecule has 2 aromatic carbocycles. The fourth-order valence-electron chi connectivity index (χ4n) is 2.14. The number of nitrogens with zero attached hydrogens (tertiary/aromatic N) is 1. The van der Waals surface area contributed by atoms with Crippen molar-refractivity contribution < 1.29 is 24.2 Å². The third kappa shape index (κ3) is 6.48. The zero-order valence-electron chi connectivity index (χ0n) is 15.4. The molecule has 0 spiro atoms. The van der Waals surface area contributed by atoms with E-state index < -0.39 is 11.8 Å². The number of phenols is 1. The highest BCUT2D eigenvalue weighted by Gasteiger charge is 2.07. The van der Waals surface area contributed by atoms with Crippen molar-refractivity contribution in [2.45, 2.75) is 6.92 Å². The van der Waals surface area contributed by atoms with Crippen molar-refractivity contribution in [1.29, 1.82) is 0 Å². The first-order valence-electron chi connectivity index (χ1n) is 8.23. The predicted octanol–water partition coefficient (Wildman–Crippen LogP) is 2.01. The molecule has 2 aromatic rings. The number of phenolic OH excluding ortho intramolecular Hbond substituents is 1. The Balaban J connectivity index is 1.73. The Hall–Kier alpha value is -3.26. The van der Waals surface area contributed by atoms with Crippen LogP contribution in [-0.4, -0.2) is 43.4 Å². The van der Waals surface area contributed by atoms with Crippen molar-refractivity contribution in [1.82, 2.24) is 10.7 Å². The van der Waals surface area contributed by atoms with Crippen molar-refractivity contribution in [2.24, 2.45) is 5.10 Å². The second-order valence-corrected chi connectivity index (χ2v) is 6.14. The van der Waals surface area contributed by atoms with Crippen LogP contribution in [0.4, 0.5) is 0 Å². The largest absolute Gasteiger partial charge is 0.504 e. The molecule has 0 radical (unpaired) electrons. The van der Waals surface area contributed by atoms with Gasteiger partial charge < -0.3 is 19.9 Å². The number of aromatic hydroxyl groups is 1. The molecule has 28 heavy (non-hydrogen) atoms. The van der Waals surface area contributed by atoms with Crippen LogP contribution in [0.15, 0.2) is 41.5 Å². The Bertz CT molecular complexity index is 886. The molecule has 0 unspecified atom stereocenters. The number of carbonyl (C=O) groups is 2. The molecule has 148 valence electrons. The summed E-state index contributed by atoms with van der Waals surface area (Å²) >= 11 is 5.86. The second-order valence-electron chi connectivity index (χ2n) is 5.70.